The Labute approximate surface area is 338 Å². The van der Waals surface area contributed by atoms with E-state index in [4.69, 9.17) is 0 Å². The van der Waals surface area contributed by atoms with Crippen molar-refractivity contribution in [1.82, 2.24) is 4.57 Å². The summed E-state index contributed by atoms with van der Waals surface area (Å²) in [5, 5.41) is 15.5. The molecule has 0 amide bonds. The minimum atomic E-state index is 0.637. The summed E-state index contributed by atoms with van der Waals surface area (Å²) in [6.45, 7) is 0. The van der Waals surface area contributed by atoms with Crippen LogP contribution in [0.25, 0.3) is 72.7 Å². The van der Waals surface area contributed by atoms with Crippen LogP contribution in [0, 0.1) is 11.3 Å². The molecule has 0 atom stereocenters. The van der Waals surface area contributed by atoms with E-state index in [0.29, 0.717) is 5.56 Å². The molecule has 0 N–H and O–H groups in total. The zero-order chi connectivity index (χ0) is 38.8. The van der Waals surface area contributed by atoms with Gasteiger partial charge in [-0.15, -0.1) is 0 Å². The second-order valence-corrected chi connectivity index (χ2v) is 14.5. The van der Waals surface area contributed by atoms with Gasteiger partial charge in [0.1, 0.15) is 0 Å². The molecule has 3 heteroatoms. The minimum Gasteiger partial charge on any atom is -0.310 e. The first-order valence-electron chi connectivity index (χ1n) is 19.6. The maximum absolute atomic E-state index is 9.47. The van der Waals surface area contributed by atoms with Crippen LogP contribution in [-0.2, 0) is 0 Å². The standard InChI is InChI=1S/C55H37N3/c56-38-41-26-32-48(33-27-41)57(49-34-29-42-12-7-8-18-46(42)37-49)47-30-24-39(25-31-47)22-23-40-28-35-53-51(36-40)54(44-14-3-1-4-15-44)55(45-16-5-2-6-17-45)58(53)52-21-11-19-43-13-9-10-20-50(43)52/h1-37H/b23-22+. The minimum absolute atomic E-state index is 0.637. The van der Waals surface area contributed by atoms with Gasteiger partial charge in [-0.25, -0.2) is 0 Å². The Hall–Kier alpha value is -7.93. The molecule has 9 aromatic carbocycles. The van der Waals surface area contributed by atoms with E-state index >= 15 is 0 Å². The number of aromatic nitrogens is 1. The van der Waals surface area contributed by atoms with Gasteiger partial charge < -0.3 is 9.47 Å². The predicted octanol–water partition coefficient (Wildman–Crippen LogP) is 14.8. The molecule has 1 aromatic heterocycles. The number of rotatable bonds is 8. The molecule has 1 heterocycles. The highest BCUT2D eigenvalue weighted by Crippen LogP contribution is 2.44. The molecular formula is C55H37N3. The van der Waals surface area contributed by atoms with Gasteiger partial charge in [0, 0.05) is 33.4 Å². The van der Waals surface area contributed by atoms with Gasteiger partial charge >= 0.3 is 0 Å². The van der Waals surface area contributed by atoms with Crippen LogP contribution in [0.1, 0.15) is 16.7 Å². The number of nitriles is 1. The number of hydrogen-bond acceptors (Lipinski definition) is 2. The molecule has 3 nitrogen and oxygen atoms in total. The van der Waals surface area contributed by atoms with E-state index in [1.165, 1.54) is 49.3 Å². The first kappa shape index (κ1) is 34.6. The smallest absolute Gasteiger partial charge is 0.0991 e. The number of hydrogen-bond donors (Lipinski definition) is 0. The van der Waals surface area contributed by atoms with Crippen molar-refractivity contribution in [3.8, 4) is 34.1 Å². The lowest BCUT2D eigenvalue weighted by Gasteiger charge is -2.26. The first-order chi connectivity index (χ1) is 28.7. The van der Waals surface area contributed by atoms with Crippen LogP contribution in [0.2, 0.25) is 0 Å². The fraction of sp³-hybridized carbons (Fsp3) is 0. The topological polar surface area (TPSA) is 32.0 Å². The number of nitrogens with zero attached hydrogens (tertiary/aromatic N) is 3. The molecule has 0 saturated carbocycles. The van der Waals surface area contributed by atoms with E-state index in [2.05, 4.69) is 216 Å². The molecule has 0 aliphatic heterocycles. The van der Waals surface area contributed by atoms with Gasteiger partial charge in [0.15, 0.2) is 0 Å². The summed E-state index contributed by atoms with van der Waals surface area (Å²) in [4.78, 5) is 2.24. The van der Waals surface area contributed by atoms with Crippen LogP contribution in [0.5, 0.6) is 0 Å². The maximum Gasteiger partial charge on any atom is 0.0991 e. The summed E-state index contributed by atoms with van der Waals surface area (Å²) < 4.78 is 2.46. The van der Waals surface area contributed by atoms with Gasteiger partial charge in [-0.3, -0.25) is 0 Å². The third kappa shape index (κ3) is 6.39. The fourth-order valence-corrected chi connectivity index (χ4v) is 8.21. The summed E-state index contributed by atoms with van der Waals surface area (Å²) in [6, 6.07) is 77.3. The largest absolute Gasteiger partial charge is 0.310 e. The van der Waals surface area contributed by atoms with Crippen molar-refractivity contribution in [2.75, 3.05) is 4.90 Å². The molecule has 0 aliphatic carbocycles. The van der Waals surface area contributed by atoms with E-state index in [-0.39, 0.29) is 0 Å². The molecule has 0 saturated heterocycles. The SMILES string of the molecule is N#Cc1ccc(N(c2ccc(/C=C/c3ccc4c(c3)c(-c3ccccc3)c(-c3ccccc3)n4-c3cccc4ccccc34)cc2)c2ccc3ccccc3c2)cc1. The molecule has 0 fully saturated rings. The molecule has 10 aromatic rings. The molecule has 0 radical (unpaired) electrons. The summed E-state index contributed by atoms with van der Waals surface area (Å²) in [5.41, 5.74) is 13.0. The van der Waals surface area contributed by atoms with Gasteiger partial charge in [0.25, 0.3) is 0 Å². The Bertz CT molecular complexity index is 3150. The van der Waals surface area contributed by atoms with Crippen LogP contribution in [-0.4, -0.2) is 4.57 Å². The quantitative estimate of drug-likeness (QED) is 0.145. The van der Waals surface area contributed by atoms with Crippen molar-refractivity contribution in [2.24, 2.45) is 0 Å². The van der Waals surface area contributed by atoms with Gasteiger partial charge in [-0.2, -0.15) is 5.26 Å². The molecule has 10 rings (SSSR count). The van der Waals surface area contributed by atoms with Gasteiger partial charge in [0.2, 0.25) is 0 Å². The maximum atomic E-state index is 9.47. The molecule has 0 bridgehead atoms. The predicted molar refractivity (Wildman–Crippen MR) is 244 cm³/mol. The van der Waals surface area contributed by atoms with Crippen LogP contribution in [0.15, 0.2) is 212 Å². The molecule has 58 heavy (non-hydrogen) atoms. The van der Waals surface area contributed by atoms with Crippen LogP contribution in [0.3, 0.4) is 0 Å². The molecular weight excluding hydrogens is 703 g/mol. The summed E-state index contributed by atoms with van der Waals surface area (Å²) in [5.74, 6) is 0. The van der Waals surface area contributed by atoms with Crippen molar-refractivity contribution in [1.29, 1.82) is 5.26 Å². The van der Waals surface area contributed by atoms with E-state index < -0.39 is 0 Å². The Morgan fingerprint density at radius 3 is 1.76 bits per heavy atom. The normalized spacial score (nSPS) is 11.4. The van der Waals surface area contributed by atoms with Crippen molar-refractivity contribution in [3.63, 3.8) is 0 Å². The highest BCUT2D eigenvalue weighted by atomic mass is 15.1. The summed E-state index contributed by atoms with van der Waals surface area (Å²) >= 11 is 0. The lowest BCUT2D eigenvalue weighted by atomic mass is 9.97. The van der Waals surface area contributed by atoms with E-state index in [9.17, 15) is 5.26 Å². The van der Waals surface area contributed by atoms with Gasteiger partial charge in [0.05, 0.1) is 28.5 Å². The zero-order valence-corrected chi connectivity index (χ0v) is 31.7. The van der Waals surface area contributed by atoms with Crippen LogP contribution >= 0.6 is 0 Å². The van der Waals surface area contributed by atoms with Crippen LogP contribution in [0.4, 0.5) is 17.1 Å². The average Bonchev–Trinajstić information content (AvgIpc) is 3.63. The Morgan fingerprint density at radius 1 is 0.431 bits per heavy atom. The second-order valence-electron chi connectivity index (χ2n) is 14.5. The van der Waals surface area contributed by atoms with E-state index in [0.717, 1.165) is 39.4 Å². The van der Waals surface area contributed by atoms with Gasteiger partial charge in [-0.1, -0.05) is 158 Å². The number of benzene rings is 9. The molecule has 0 aliphatic rings. The summed E-state index contributed by atoms with van der Waals surface area (Å²) in [7, 11) is 0. The lowest BCUT2D eigenvalue weighted by molar-refractivity contribution is 1.15. The molecule has 272 valence electrons. The summed E-state index contributed by atoms with van der Waals surface area (Å²) in [6.07, 6.45) is 4.40. The third-order valence-corrected chi connectivity index (χ3v) is 11.0. The van der Waals surface area contributed by atoms with E-state index in [1.54, 1.807) is 0 Å². The van der Waals surface area contributed by atoms with Gasteiger partial charge in [-0.05, 0) is 105 Å². The number of anilines is 3. The molecule has 0 spiro atoms. The number of fused-ring (bicyclic) bond motifs is 3. The third-order valence-electron chi connectivity index (χ3n) is 11.0. The highest BCUT2D eigenvalue weighted by Gasteiger charge is 2.22. The Morgan fingerprint density at radius 2 is 1.02 bits per heavy atom. The highest BCUT2D eigenvalue weighted by molar-refractivity contribution is 6.08. The average molecular weight is 740 g/mol. The van der Waals surface area contributed by atoms with Crippen molar-refractivity contribution >= 4 is 61.7 Å². The Kier molecular flexibility index (Phi) is 8.91. The fourth-order valence-electron chi connectivity index (χ4n) is 8.21. The van der Waals surface area contributed by atoms with Crippen molar-refractivity contribution in [3.05, 3.63) is 229 Å². The molecule has 0 unspecified atom stereocenters. The monoisotopic (exact) mass is 739 g/mol. The first-order valence-corrected chi connectivity index (χ1v) is 19.6. The Balaban J connectivity index is 1.07. The van der Waals surface area contributed by atoms with Crippen molar-refractivity contribution in [2.45, 2.75) is 0 Å². The zero-order valence-electron chi connectivity index (χ0n) is 31.7. The lowest BCUT2D eigenvalue weighted by Crippen LogP contribution is -2.09. The van der Waals surface area contributed by atoms with Crippen molar-refractivity contribution < 1.29 is 0 Å². The second kappa shape index (κ2) is 15.0. The van der Waals surface area contributed by atoms with E-state index in [1.807, 2.05) is 24.3 Å². The van der Waals surface area contributed by atoms with Crippen LogP contribution < -0.4 is 4.90 Å².